The summed E-state index contributed by atoms with van der Waals surface area (Å²) in [6.07, 6.45) is -7.68. The third-order valence-electron chi connectivity index (χ3n) is 3.69. The molecule has 1 aliphatic heterocycles. The number of hydrogen-bond donors (Lipinski definition) is 1. The molecule has 0 aliphatic carbocycles. The molecule has 1 saturated heterocycles. The van der Waals surface area contributed by atoms with Gasteiger partial charge >= 0.3 is 12.4 Å². The fourth-order valence-electron chi connectivity index (χ4n) is 2.55. The van der Waals surface area contributed by atoms with Crippen LogP contribution >= 0.6 is 23.7 Å². The Morgan fingerprint density at radius 2 is 1.74 bits per heavy atom. The smallest absolute Gasteiger partial charge is 0.359 e. The molecule has 0 unspecified atom stereocenters. The van der Waals surface area contributed by atoms with E-state index in [2.05, 4.69) is 20.3 Å². The van der Waals surface area contributed by atoms with Crippen molar-refractivity contribution in [1.82, 2.24) is 20.3 Å². The number of anilines is 1. The van der Waals surface area contributed by atoms with Crippen molar-refractivity contribution in [2.24, 2.45) is 0 Å². The maximum Gasteiger partial charge on any atom is 0.451 e. The Bertz CT molecular complexity index is 776. The predicted octanol–water partition coefficient (Wildman–Crippen LogP) is 3.86. The first-order valence-electron chi connectivity index (χ1n) is 7.51. The lowest BCUT2D eigenvalue weighted by Crippen LogP contribution is -2.49. The molecule has 0 amide bonds. The van der Waals surface area contributed by atoms with Gasteiger partial charge < -0.3 is 10.2 Å². The summed E-state index contributed by atoms with van der Waals surface area (Å²) in [4.78, 5) is 11.8. The number of nitrogens with zero attached hydrogens (tertiary/aromatic N) is 4. The molecule has 2 aromatic heterocycles. The van der Waals surface area contributed by atoms with E-state index in [0.717, 1.165) is 12.4 Å². The summed E-state index contributed by atoms with van der Waals surface area (Å²) >= 11 is 0.464. The zero-order chi connectivity index (χ0) is 19.1. The number of aromatic nitrogens is 3. The summed E-state index contributed by atoms with van der Waals surface area (Å²) in [5, 5.41) is 2.36. The van der Waals surface area contributed by atoms with Crippen LogP contribution < -0.4 is 10.2 Å². The van der Waals surface area contributed by atoms with Crippen molar-refractivity contribution < 1.29 is 26.3 Å². The van der Waals surface area contributed by atoms with Crippen molar-refractivity contribution in [2.75, 3.05) is 24.5 Å². The van der Waals surface area contributed by atoms with Crippen LogP contribution in [0.1, 0.15) is 17.8 Å². The van der Waals surface area contributed by atoms with Crippen LogP contribution in [0, 0.1) is 0 Å². The number of rotatable bonds is 2. The third-order valence-corrected chi connectivity index (χ3v) is 4.85. The molecule has 1 N–H and O–H groups in total. The minimum atomic E-state index is -4.73. The van der Waals surface area contributed by atoms with Crippen LogP contribution in [0.3, 0.4) is 0 Å². The molecule has 1 aliphatic rings. The topological polar surface area (TPSA) is 53.9 Å². The Morgan fingerprint density at radius 3 is 2.26 bits per heavy atom. The minimum Gasteiger partial charge on any atom is -0.359 e. The lowest BCUT2D eigenvalue weighted by atomic mass is 10.2. The number of nitrogens with one attached hydrogen (secondary N) is 1. The van der Waals surface area contributed by atoms with Crippen LogP contribution in [0.5, 0.6) is 0 Å². The van der Waals surface area contributed by atoms with Crippen molar-refractivity contribution in [3.63, 3.8) is 0 Å². The van der Waals surface area contributed by atoms with Gasteiger partial charge in [-0.25, -0.2) is 15.0 Å². The molecule has 3 rings (SSSR count). The van der Waals surface area contributed by atoms with Crippen LogP contribution in [-0.4, -0.2) is 40.6 Å². The molecule has 0 aromatic carbocycles. The molecular formula is C14H14ClF6N5S. The number of hydrogen-bond acceptors (Lipinski definition) is 6. The highest BCUT2D eigenvalue weighted by atomic mass is 35.5. The highest BCUT2D eigenvalue weighted by Gasteiger charge is 2.38. The van der Waals surface area contributed by atoms with E-state index in [9.17, 15) is 26.3 Å². The van der Waals surface area contributed by atoms with Crippen molar-refractivity contribution in [2.45, 2.75) is 25.3 Å². The average molecular weight is 434 g/mol. The van der Waals surface area contributed by atoms with Gasteiger partial charge in [0.2, 0.25) is 10.8 Å². The Hall–Kier alpha value is -1.66. The summed E-state index contributed by atoms with van der Waals surface area (Å²) in [6.45, 7) is 3.37. The number of halogens is 7. The lowest BCUT2D eigenvalue weighted by Gasteiger charge is -2.32. The highest BCUT2D eigenvalue weighted by molar-refractivity contribution is 7.16. The average Bonchev–Trinajstić information content (AvgIpc) is 3.00. The van der Waals surface area contributed by atoms with Crippen molar-refractivity contribution in [3.8, 4) is 11.3 Å². The largest absolute Gasteiger partial charge is 0.451 e. The van der Waals surface area contributed by atoms with Gasteiger partial charge in [0.05, 0.1) is 0 Å². The van der Waals surface area contributed by atoms with E-state index >= 15 is 0 Å². The van der Waals surface area contributed by atoms with Gasteiger partial charge in [-0.2, -0.15) is 26.3 Å². The van der Waals surface area contributed by atoms with Crippen molar-refractivity contribution in [3.05, 3.63) is 23.2 Å². The molecule has 150 valence electrons. The molecule has 5 nitrogen and oxygen atoms in total. The van der Waals surface area contributed by atoms with Crippen molar-refractivity contribution in [1.29, 1.82) is 0 Å². The fraction of sp³-hybridized carbons (Fsp3) is 0.500. The molecular weight excluding hydrogens is 420 g/mol. The molecule has 3 heterocycles. The fourth-order valence-corrected chi connectivity index (χ4v) is 3.54. The van der Waals surface area contributed by atoms with Gasteiger partial charge in [-0.3, -0.25) is 0 Å². The standard InChI is InChI=1S/C14H13F6N5S.ClH/c1-7-6-25(3-2-21-7)10-9(24-12(26-10)14(18,19)20)8-4-22-11(23-5-8)13(15,16)17;/h4-5,7,21H,2-3,6H2,1H3;1H/t7-;/m1./s1. The molecule has 27 heavy (non-hydrogen) atoms. The zero-order valence-electron chi connectivity index (χ0n) is 13.7. The van der Waals surface area contributed by atoms with E-state index in [1.54, 1.807) is 4.90 Å². The number of piperazine rings is 1. The summed E-state index contributed by atoms with van der Waals surface area (Å²) < 4.78 is 77.1. The Balaban J connectivity index is 0.00000261. The normalized spacial score (nSPS) is 18.3. The number of alkyl halides is 6. The van der Waals surface area contributed by atoms with Gasteiger partial charge in [0, 0.05) is 43.6 Å². The van der Waals surface area contributed by atoms with Crippen LogP contribution in [0.25, 0.3) is 11.3 Å². The zero-order valence-corrected chi connectivity index (χ0v) is 15.4. The van der Waals surface area contributed by atoms with Gasteiger partial charge in [0.25, 0.3) is 0 Å². The second-order valence-corrected chi connectivity index (χ2v) is 6.74. The van der Waals surface area contributed by atoms with E-state index in [0.29, 0.717) is 31.0 Å². The van der Waals surface area contributed by atoms with Crippen LogP contribution in [-0.2, 0) is 12.4 Å². The van der Waals surface area contributed by atoms with Crippen LogP contribution in [0.4, 0.5) is 31.3 Å². The van der Waals surface area contributed by atoms with E-state index < -0.39 is 23.2 Å². The molecule has 0 spiro atoms. The van der Waals surface area contributed by atoms with Gasteiger partial charge in [-0.05, 0) is 6.92 Å². The number of thiazole rings is 1. The summed E-state index contributed by atoms with van der Waals surface area (Å²) in [7, 11) is 0. The van der Waals surface area contributed by atoms with Gasteiger partial charge in [-0.1, -0.05) is 11.3 Å². The van der Waals surface area contributed by atoms with E-state index in [-0.39, 0.29) is 34.7 Å². The second-order valence-electron chi connectivity index (χ2n) is 5.76. The first-order chi connectivity index (χ1) is 12.1. The molecule has 1 fully saturated rings. The second kappa shape index (κ2) is 7.76. The molecule has 1 atom stereocenters. The molecule has 0 bridgehead atoms. The predicted molar refractivity (Wildman–Crippen MR) is 90.1 cm³/mol. The van der Waals surface area contributed by atoms with Crippen LogP contribution in [0.15, 0.2) is 12.4 Å². The highest BCUT2D eigenvalue weighted by Crippen LogP contribution is 2.42. The summed E-state index contributed by atoms with van der Waals surface area (Å²) in [6, 6.07) is 0.0527. The first-order valence-corrected chi connectivity index (χ1v) is 8.33. The molecule has 2 aromatic rings. The maximum absolute atomic E-state index is 13.1. The monoisotopic (exact) mass is 433 g/mol. The van der Waals surface area contributed by atoms with E-state index in [4.69, 9.17) is 0 Å². The maximum atomic E-state index is 13.1. The Labute approximate surface area is 160 Å². The van der Waals surface area contributed by atoms with Crippen molar-refractivity contribution >= 4 is 28.7 Å². The van der Waals surface area contributed by atoms with Crippen LogP contribution in [0.2, 0.25) is 0 Å². The summed E-state index contributed by atoms with van der Waals surface area (Å²) in [5.74, 6) is -1.36. The summed E-state index contributed by atoms with van der Waals surface area (Å²) in [5.41, 5.74) is -0.0592. The van der Waals surface area contributed by atoms with E-state index in [1.807, 2.05) is 6.92 Å². The lowest BCUT2D eigenvalue weighted by molar-refractivity contribution is -0.145. The first kappa shape index (κ1) is 21.6. The molecule has 0 radical (unpaired) electrons. The molecule has 13 heteroatoms. The van der Waals surface area contributed by atoms with Gasteiger partial charge in [0.1, 0.15) is 10.7 Å². The Kier molecular flexibility index (Phi) is 6.22. The van der Waals surface area contributed by atoms with Gasteiger partial charge in [0.15, 0.2) is 0 Å². The van der Waals surface area contributed by atoms with Gasteiger partial charge in [-0.15, -0.1) is 12.4 Å². The quantitative estimate of drug-likeness (QED) is 0.729. The van der Waals surface area contributed by atoms with E-state index in [1.165, 1.54) is 0 Å². The SMILES string of the molecule is C[C@@H]1CN(c2sc(C(F)(F)F)nc2-c2cnc(C(F)(F)F)nc2)CCN1.Cl. The minimum absolute atomic E-state index is 0. The molecule has 0 saturated carbocycles. The third kappa shape index (κ3) is 4.79. The Morgan fingerprint density at radius 1 is 1.11 bits per heavy atom.